The lowest BCUT2D eigenvalue weighted by atomic mass is 10.1. The quantitative estimate of drug-likeness (QED) is 0.686. The molecule has 2 fully saturated rings. The summed E-state index contributed by atoms with van der Waals surface area (Å²) < 4.78 is 0. The Kier molecular flexibility index (Phi) is 3.61. The molecule has 3 heteroatoms. The highest BCUT2D eigenvalue weighted by Crippen LogP contribution is 2.24. The SMILES string of the molecule is CC(C#N)N1CCN(C2CCCC2)CC1. The van der Waals surface area contributed by atoms with Crippen LogP contribution in [0.3, 0.4) is 0 Å². The smallest absolute Gasteiger partial charge is 0.0950 e. The van der Waals surface area contributed by atoms with Crippen LogP contribution in [0.25, 0.3) is 0 Å². The minimum Gasteiger partial charge on any atom is -0.298 e. The van der Waals surface area contributed by atoms with E-state index in [1.165, 1.54) is 25.7 Å². The van der Waals surface area contributed by atoms with Gasteiger partial charge in [0.2, 0.25) is 0 Å². The van der Waals surface area contributed by atoms with E-state index in [9.17, 15) is 0 Å². The highest BCUT2D eigenvalue weighted by atomic mass is 15.3. The third-order valence-corrected chi connectivity index (χ3v) is 3.92. The van der Waals surface area contributed by atoms with E-state index in [0.717, 1.165) is 32.2 Å². The van der Waals surface area contributed by atoms with Crippen molar-refractivity contribution >= 4 is 0 Å². The number of rotatable bonds is 2. The van der Waals surface area contributed by atoms with E-state index < -0.39 is 0 Å². The summed E-state index contributed by atoms with van der Waals surface area (Å²) in [6.07, 6.45) is 5.63. The molecule has 1 saturated heterocycles. The van der Waals surface area contributed by atoms with Crippen molar-refractivity contribution in [3.05, 3.63) is 0 Å². The van der Waals surface area contributed by atoms with Crippen LogP contribution >= 0.6 is 0 Å². The van der Waals surface area contributed by atoms with Crippen LogP contribution < -0.4 is 0 Å². The summed E-state index contributed by atoms with van der Waals surface area (Å²) in [6.45, 7) is 6.48. The first kappa shape index (κ1) is 10.9. The fraction of sp³-hybridized carbons (Fsp3) is 0.917. The van der Waals surface area contributed by atoms with Gasteiger partial charge in [-0.15, -0.1) is 0 Å². The zero-order valence-corrected chi connectivity index (χ0v) is 9.65. The van der Waals surface area contributed by atoms with Crippen molar-refractivity contribution in [2.45, 2.75) is 44.7 Å². The Labute approximate surface area is 92.7 Å². The van der Waals surface area contributed by atoms with Crippen molar-refractivity contribution in [2.75, 3.05) is 26.2 Å². The van der Waals surface area contributed by atoms with Crippen molar-refractivity contribution in [3.8, 4) is 6.07 Å². The molecule has 84 valence electrons. The van der Waals surface area contributed by atoms with Gasteiger partial charge in [0.05, 0.1) is 12.1 Å². The third kappa shape index (κ3) is 2.50. The van der Waals surface area contributed by atoms with Gasteiger partial charge in [-0.2, -0.15) is 5.26 Å². The number of hydrogen-bond donors (Lipinski definition) is 0. The summed E-state index contributed by atoms with van der Waals surface area (Å²) in [5, 5.41) is 8.86. The highest BCUT2D eigenvalue weighted by molar-refractivity contribution is 4.91. The first-order valence-electron chi connectivity index (χ1n) is 6.19. The molecule has 1 heterocycles. The van der Waals surface area contributed by atoms with Gasteiger partial charge in [-0.05, 0) is 19.8 Å². The van der Waals surface area contributed by atoms with Gasteiger partial charge in [0.1, 0.15) is 0 Å². The number of nitrogens with zero attached hydrogens (tertiary/aromatic N) is 3. The van der Waals surface area contributed by atoms with Gasteiger partial charge in [0, 0.05) is 32.2 Å². The van der Waals surface area contributed by atoms with Crippen molar-refractivity contribution in [1.29, 1.82) is 5.26 Å². The van der Waals surface area contributed by atoms with Crippen molar-refractivity contribution in [2.24, 2.45) is 0 Å². The van der Waals surface area contributed by atoms with Crippen molar-refractivity contribution in [3.63, 3.8) is 0 Å². The van der Waals surface area contributed by atoms with Gasteiger partial charge in [-0.25, -0.2) is 0 Å². The maximum absolute atomic E-state index is 8.86. The normalized spacial score (nSPS) is 27.7. The van der Waals surface area contributed by atoms with Crippen LogP contribution in [0.1, 0.15) is 32.6 Å². The molecule has 2 aliphatic rings. The van der Waals surface area contributed by atoms with Gasteiger partial charge in [-0.3, -0.25) is 9.80 Å². The van der Waals surface area contributed by atoms with Crippen molar-refractivity contribution < 1.29 is 0 Å². The van der Waals surface area contributed by atoms with E-state index >= 15 is 0 Å². The average Bonchev–Trinajstić information content (AvgIpc) is 2.82. The third-order valence-electron chi connectivity index (χ3n) is 3.92. The Morgan fingerprint density at radius 1 is 1.13 bits per heavy atom. The van der Waals surface area contributed by atoms with E-state index in [-0.39, 0.29) is 6.04 Å². The molecule has 0 aromatic heterocycles. The van der Waals surface area contributed by atoms with Gasteiger partial charge in [0.25, 0.3) is 0 Å². The standard InChI is InChI=1S/C12H21N3/c1-11(10-13)14-6-8-15(9-7-14)12-4-2-3-5-12/h11-12H,2-9H2,1H3. The Morgan fingerprint density at radius 2 is 1.73 bits per heavy atom. The Balaban J connectivity index is 1.79. The predicted octanol–water partition coefficient (Wildman–Crippen LogP) is 1.46. The lowest BCUT2D eigenvalue weighted by Gasteiger charge is -2.38. The van der Waals surface area contributed by atoms with Crippen LogP contribution in [0.5, 0.6) is 0 Å². The Hall–Kier alpha value is -0.590. The van der Waals surface area contributed by atoms with E-state index in [4.69, 9.17) is 5.26 Å². The number of piperazine rings is 1. The molecule has 0 aromatic carbocycles. The molecular formula is C12H21N3. The number of hydrogen-bond acceptors (Lipinski definition) is 3. The predicted molar refractivity (Wildman–Crippen MR) is 60.5 cm³/mol. The molecule has 1 saturated carbocycles. The van der Waals surface area contributed by atoms with Crippen LogP contribution in [0, 0.1) is 11.3 Å². The Morgan fingerprint density at radius 3 is 2.27 bits per heavy atom. The van der Waals surface area contributed by atoms with Gasteiger partial charge in [-0.1, -0.05) is 12.8 Å². The summed E-state index contributed by atoms with van der Waals surface area (Å²) in [4.78, 5) is 4.93. The molecule has 0 spiro atoms. The second kappa shape index (κ2) is 4.96. The van der Waals surface area contributed by atoms with Crippen LogP contribution in [0.4, 0.5) is 0 Å². The van der Waals surface area contributed by atoms with Gasteiger partial charge < -0.3 is 0 Å². The molecule has 0 aromatic rings. The maximum atomic E-state index is 8.86. The molecule has 0 N–H and O–H groups in total. The summed E-state index contributed by atoms with van der Waals surface area (Å²) in [5.41, 5.74) is 0. The summed E-state index contributed by atoms with van der Waals surface area (Å²) in [7, 11) is 0. The fourth-order valence-corrected chi connectivity index (χ4v) is 2.84. The fourth-order valence-electron chi connectivity index (χ4n) is 2.84. The van der Waals surface area contributed by atoms with Crippen LogP contribution in [-0.4, -0.2) is 48.1 Å². The summed E-state index contributed by atoms with van der Waals surface area (Å²) >= 11 is 0. The first-order chi connectivity index (χ1) is 7.31. The molecule has 15 heavy (non-hydrogen) atoms. The Bertz CT molecular complexity index is 232. The minimum absolute atomic E-state index is 0.0933. The van der Waals surface area contributed by atoms with E-state index in [1.54, 1.807) is 0 Å². The molecule has 0 radical (unpaired) electrons. The zero-order chi connectivity index (χ0) is 10.7. The summed E-state index contributed by atoms with van der Waals surface area (Å²) in [5.74, 6) is 0. The molecule has 0 bridgehead atoms. The molecule has 3 nitrogen and oxygen atoms in total. The van der Waals surface area contributed by atoms with E-state index in [0.29, 0.717) is 0 Å². The van der Waals surface area contributed by atoms with Crippen molar-refractivity contribution in [1.82, 2.24) is 9.80 Å². The van der Waals surface area contributed by atoms with Gasteiger partial charge in [0.15, 0.2) is 0 Å². The average molecular weight is 207 g/mol. The van der Waals surface area contributed by atoms with E-state index in [2.05, 4.69) is 15.9 Å². The first-order valence-corrected chi connectivity index (χ1v) is 6.19. The topological polar surface area (TPSA) is 30.3 Å². The largest absolute Gasteiger partial charge is 0.298 e. The lowest BCUT2D eigenvalue weighted by Crippen LogP contribution is -2.51. The maximum Gasteiger partial charge on any atom is 0.0950 e. The number of nitriles is 1. The second-order valence-electron chi connectivity index (χ2n) is 4.82. The lowest BCUT2D eigenvalue weighted by molar-refractivity contribution is 0.0880. The molecule has 2 rings (SSSR count). The van der Waals surface area contributed by atoms with Gasteiger partial charge >= 0.3 is 0 Å². The molecule has 1 unspecified atom stereocenters. The molecule has 1 aliphatic heterocycles. The second-order valence-corrected chi connectivity index (χ2v) is 4.82. The molecule has 1 aliphatic carbocycles. The molecule has 1 atom stereocenters. The van der Waals surface area contributed by atoms with Crippen LogP contribution in [0.15, 0.2) is 0 Å². The zero-order valence-electron chi connectivity index (χ0n) is 9.65. The minimum atomic E-state index is 0.0933. The van der Waals surface area contributed by atoms with E-state index in [1.807, 2.05) is 6.92 Å². The summed E-state index contributed by atoms with van der Waals surface area (Å²) in [6, 6.07) is 3.27. The van der Waals surface area contributed by atoms with Crippen LogP contribution in [-0.2, 0) is 0 Å². The molecule has 0 amide bonds. The monoisotopic (exact) mass is 207 g/mol. The molecular weight excluding hydrogens is 186 g/mol. The van der Waals surface area contributed by atoms with Crippen LogP contribution in [0.2, 0.25) is 0 Å². The highest BCUT2D eigenvalue weighted by Gasteiger charge is 2.27.